The molecule has 0 unspecified atom stereocenters. The van der Waals surface area contributed by atoms with Crippen molar-refractivity contribution in [2.45, 2.75) is 120 Å². The van der Waals surface area contributed by atoms with Gasteiger partial charge in [-0.3, -0.25) is 9.78 Å². The third-order valence-corrected chi connectivity index (χ3v) is 13.6. The Morgan fingerprint density at radius 2 is 1.76 bits per heavy atom. The first-order chi connectivity index (χ1) is 30.0. The number of nitrogens with zero attached hydrogens (tertiary/aromatic N) is 1. The minimum atomic E-state index is -4.58. The fourth-order valence-electron chi connectivity index (χ4n) is 10.2. The Morgan fingerprint density at radius 3 is 2.49 bits per heavy atom. The van der Waals surface area contributed by atoms with Gasteiger partial charge in [-0.1, -0.05) is 55.8 Å². The number of carbonyl (C=O) groups excluding carboxylic acids is 1. The number of halogens is 4. The van der Waals surface area contributed by atoms with Crippen molar-refractivity contribution in [3.05, 3.63) is 118 Å². The van der Waals surface area contributed by atoms with Gasteiger partial charge in [-0.2, -0.15) is 13.2 Å². The van der Waals surface area contributed by atoms with E-state index in [9.17, 15) is 37.8 Å². The zero-order valence-electron chi connectivity index (χ0n) is 35.6. The number of alkyl halides is 3. The number of hydrogen-bond acceptors (Lipinski definition) is 7. The molecule has 1 heterocycles. The standard InChI is InChI=1S/C49H55ClF3N3O7/c1-30(29-63-42-16-21-54-40-12-3-7-31(2)44(40)42)23-35-26-33-14-15-38(28-39(33)47(35)17-19-48(20-18-47,46(60)61)56-37-11-5-10-36(50)27-37)62-22-6-13-43(57)55-41(45(58)59)25-32-8-4-9-34(24-32)49(51,52)53/h4-5,8-11,14-16,21,24,27-28,30-31,35,41,56H,3,6-7,12-13,17-20,22-23,25-26,29H2,1-2H3,(H,55,57)(H,58,59)(H,60,61)/t30-,31-,35+,41-,47?,48?/m1/s1. The molecule has 7 rings (SSSR count). The SMILES string of the molecule is C[C@@H](COc1ccnc2c1[C@H](C)CCC2)C[C@H]1Cc2ccc(OCCCC(=O)N[C@H](Cc3cccc(C(F)(F)F)c3)C(=O)O)cc2C12CCC(Nc1cccc(Cl)c1)(C(=O)O)CC2. The van der Waals surface area contributed by atoms with Gasteiger partial charge >= 0.3 is 18.1 Å². The molecule has 1 amide bonds. The Labute approximate surface area is 370 Å². The Balaban J connectivity index is 1.03. The van der Waals surface area contributed by atoms with Crippen LogP contribution >= 0.6 is 11.6 Å². The summed E-state index contributed by atoms with van der Waals surface area (Å²) in [7, 11) is 0. The summed E-state index contributed by atoms with van der Waals surface area (Å²) in [5, 5.41) is 26.7. The number of fused-ring (bicyclic) bond motifs is 3. The van der Waals surface area contributed by atoms with E-state index >= 15 is 0 Å². The van der Waals surface area contributed by atoms with Gasteiger partial charge in [0.15, 0.2) is 0 Å². The number of nitrogens with one attached hydrogen (secondary N) is 2. The molecule has 14 heteroatoms. The molecular formula is C49H55ClF3N3O7. The molecule has 1 aromatic heterocycles. The zero-order chi connectivity index (χ0) is 44.9. The van der Waals surface area contributed by atoms with Crippen molar-refractivity contribution in [2.24, 2.45) is 11.8 Å². The van der Waals surface area contributed by atoms with Gasteiger partial charge in [0.1, 0.15) is 23.1 Å². The molecule has 0 aliphatic heterocycles. The molecule has 4 atom stereocenters. The van der Waals surface area contributed by atoms with Crippen molar-refractivity contribution in [1.82, 2.24) is 10.3 Å². The second kappa shape index (κ2) is 19.2. The van der Waals surface area contributed by atoms with E-state index in [0.29, 0.717) is 54.7 Å². The van der Waals surface area contributed by atoms with E-state index in [1.54, 1.807) is 18.2 Å². The van der Waals surface area contributed by atoms with Crippen LogP contribution in [0.3, 0.4) is 0 Å². The highest BCUT2D eigenvalue weighted by Crippen LogP contribution is 2.57. The number of carbonyl (C=O) groups is 3. The lowest BCUT2D eigenvalue weighted by Crippen LogP contribution is -2.53. The predicted molar refractivity (Wildman–Crippen MR) is 234 cm³/mol. The normalized spacial score (nSPS) is 22.6. The molecule has 0 saturated heterocycles. The second-order valence-corrected chi connectivity index (χ2v) is 18.3. The van der Waals surface area contributed by atoms with Gasteiger partial charge in [-0.05, 0) is 147 Å². The van der Waals surface area contributed by atoms with E-state index in [-0.39, 0.29) is 48.7 Å². The van der Waals surface area contributed by atoms with Gasteiger partial charge in [-0.15, -0.1) is 0 Å². The van der Waals surface area contributed by atoms with Crippen molar-refractivity contribution < 1.29 is 47.2 Å². The Kier molecular flexibility index (Phi) is 13.9. The molecule has 0 bridgehead atoms. The Morgan fingerprint density at radius 1 is 0.984 bits per heavy atom. The number of benzene rings is 3. The average Bonchev–Trinajstić information content (AvgIpc) is 3.52. The fourth-order valence-corrected chi connectivity index (χ4v) is 10.4. The summed E-state index contributed by atoms with van der Waals surface area (Å²) in [5.74, 6) is -0.483. The van der Waals surface area contributed by atoms with E-state index in [2.05, 4.69) is 41.6 Å². The predicted octanol–water partition coefficient (Wildman–Crippen LogP) is 10.2. The maximum Gasteiger partial charge on any atom is 0.416 e. The van der Waals surface area contributed by atoms with Crippen molar-refractivity contribution >= 4 is 35.1 Å². The number of rotatable bonds is 17. The molecule has 1 saturated carbocycles. The van der Waals surface area contributed by atoms with E-state index in [1.165, 1.54) is 23.3 Å². The van der Waals surface area contributed by atoms with Crippen molar-refractivity contribution in [3.63, 3.8) is 0 Å². The number of pyridine rings is 1. The van der Waals surface area contributed by atoms with Crippen LogP contribution in [0.4, 0.5) is 18.9 Å². The summed E-state index contributed by atoms with van der Waals surface area (Å²) >= 11 is 6.28. The van der Waals surface area contributed by atoms with E-state index in [0.717, 1.165) is 61.2 Å². The number of hydrogen-bond donors (Lipinski definition) is 4. The molecule has 3 aliphatic carbocycles. The van der Waals surface area contributed by atoms with Crippen LogP contribution in [0.15, 0.2) is 79.0 Å². The van der Waals surface area contributed by atoms with Gasteiger partial charge in [0.05, 0.1) is 18.8 Å². The highest BCUT2D eigenvalue weighted by molar-refractivity contribution is 6.30. The summed E-state index contributed by atoms with van der Waals surface area (Å²) in [5.41, 5.74) is 3.08. The monoisotopic (exact) mass is 889 g/mol. The summed E-state index contributed by atoms with van der Waals surface area (Å²) in [6, 6.07) is 18.1. The number of aryl methyl sites for hydroxylation is 1. The van der Waals surface area contributed by atoms with E-state index in [4.69, 9.17) is 21.1 Å². The van der Waals surface area contributed by atoms with E-state index in [1.807, 2.05) is 24.4 Å². The van der Waals surface area contributed by atoms with Crippen LogP contribution < -0.4 is 20.1 Å². The van der Waals surface area contributed by atoms with Crippen molar-refractivity contribution in [3.8, 4) is 11.5 Å². The van der Waals surface area contributed by atoms with Gasteiger partial charge < -0.3 is 30.3 Å². The molecule has 10 nitrogen and oxygen atoms in total. The number of ether oxygens (including phenoxy) is 2. The first kappa shape index (κ1) is 45.7. The molecule has 4 aromatic rings. The largest absolute Gasteiger partial charge is 0.494 e. The molecule has 3 aliphatic rings. The molecule has 4 N–H and O–H groups in total. The number of carboxylic acid groups (broad SMARTS) is 2. The third-order valence-electron chi connectivity index (χ3n) is 13.4. The molecule has 1 fully saturated rings. The minimum absolute atomic E-state index is 0.0542. The number of amides is 1. The summed E-state index contributed by atoms with van der Waals surface area (Å²) in [4.78, 5) is 42.5. The quantitative estimate of drug-likeness (QED) is 0.0761. The maximum absolute atomic E-state index is 13.2. The van der Waals surface area contributed by atoms with Crippen molar-refractivity contribution in [1.29, 1.82) is 0 Å². The van der Waals surface area contributed by atoms with Crippen LogP contribution in [0.25, 0.3) is 0 Å². The highest BCUT2D eigenvalue weighted by Gasteiger charge is 2.54. The number of anilines is 1. The van der Waals surface area contributed by atoms with Gasteiger partial charge in [0.25, 0.3) is 0 Å². The Bertz CT molecular complexity index is 2300. The van der Waals surface area contributed by atoms with Crippen LogP contribution in [-0.2, 0) is 45.2 Å². The van der Waals surface area contributed by atoms with Crippen LogP contribution in [0.2, 0.25) is 5.02 Å². The Hall–Kier alpha value is -5.30. The summed E-state index contributed by atoms with van der Waals surface area (Å²) < 4.78 is 52.4. The third kappa shape index (κ3) is 10.6. The van der Waals surface area contributed by atoms with Crippen LogP contribution in [0.5, 0.6) is 11.5 Å². The van der Waals surface area contributed by atoms with Crippen LogP contribution in [-0.4, -0.2) is 57.8 Å². The van der Waals surface area contributed by atoms with Crippen molar-refractivity contribution in [2.75, 3.05) is 18.5 Å². The molecule has 3 aromatic carbocycles. The van der Waals surface area contributed by atoms with Crippen LogP contribution in [0, 0.1) is 11.8 Å². The topological polar surface area (TPSA) is 147 Å². The first-order valence-electron chi connectivity index (χ1n) is 21.9. The van der Waals surface area contributed by atoms with Crippen LogP contribution in [0.1, 0.15) is 111 Å². The smallest absolute Gasteiger partial charge is 0.416 e. The highest BCUT2D eigenvalue weighted by atomic mass is 35.5. The number of aromatic nitrogens is 1. The molecule has 1 spiro atoms. The summed E-state index contributed by atoms with van der Waals surface area (Å²) in [6.07, 6.45) is 4.10. The lowest BCUT2D eigenvalue weighted by molar-refractivity contribution is -0.144. The van der Waals surface area contributed by atoms with Gasteiger partial charge in [0, 0.05) is 41.0 Å². The van der Waals surface area contributed by atoms with Gasteiger partial charge in [0.2, 0.25) is 5.91 Å². The maximum atomic E-state index is 13.2. The molecular weight excluding hydrogens is 835 g/mol. The first-order valence-corrected chi connectivity index (χ1v) is 22.3. The average molecular weight is 890 g/mol. The fraction of sp³-hybridized carbons (Fsp3) is 0.469. The number of aliphatic carboxylic acids is 2. The minimum Gasteiger partial charge on any atom is -0.494 e. The zero-order valence-corrected chi connectivity index (χ0v) is 36.4. The van der Waals surface area contributed by atoms with E-state index < -0.39 is 41.2 Å². The molecule has 63 heavy (non-hydrogen) atoms. The second-order valence-electron chi connectivity index (χ2n) is 17.8. The lowest BCUT2D eigenvalue weighted by atomic mass is 9.59. The molecule has 0 radical (unpaired) electrons. The number of carboxylic acids is 2. The van der Waals surface area contributed by atoms with Gasteiger partial charge in [-0.25, -0.2) is 9.59 Å². The molecule has 336 valence electrons. The lowest BCUT2D eigenvalue weighted by Gasteiger charge is -2.47. The summed E-state index contributed by atoms with van der Waals surface area (Å²) in [6.45, 7) is 5.15.